The quantitative estimate of drug-likeness (QED) is 0.262. The second-order valence-electron chi connectivity index (χ2n) is 7.29. The summed E-state index contributed by atoms with van der Waals surface area (Å²) in [4.78, 5) is 9.96. The molecule has 28 heavy (non-hydrogen) atoms. The molecular formula is C21H49O6Ti-. The van der Waals surface area contributed by atoms with Crippen molar-refractivity contribution in [1.82, 2.24) is 0 Å². The van der Waals surface area contributed by atoms with Crippen LogP contribution in [0.3, 0.4) is 0 Å². The van der Waals surface area contributed by atoms with Crippen LogP contribution in [0.15, 0.2) is 0 Å². The van der Waals surface area contributed by atoms with Gasteiger partial charge in [0.15, 0.2) is 0 Å². The summed E-state index contributed by atoms with van der Waals surface area (Å²) in [7, 11) is 0. The molecule has 4 N–H and O–H groups in total. The van der Waals surface area contributed by atoms with Gasteiger partial charge in [-0.15, -0.1) is 0 Å². The molecule has 0 aromatic rings. The normalized spacial score (nSPS) is 9.04. The summed E-state index contributed by atoms with van der Waals surface area (Å²) < 4.78 is 4.84. The van der Waals surface area contributed by atoms with Crippen LogP contribution in [0.1, 0.15) is 94.9 Å². The van der Waals surface area contributed by atoms with E-state index in [1.54, 1.807) is 41.5 Å². The summed E-state index contributed by atoms with van der Waals surface area (Å²) in [6.07, 6.45) is 4.01. The van der Waals surface area contributed by atoms with Gasteiger partial charge in [-0.1, -0.05) is 26.2 Å². The van der Waals surface area contributed by atoms with Gasteiger partial charge in [-0.25, -0.2) is 4.79 Å². The fourth-order valence-corrected chi connectivity index (χ4v) is 0.790. The molecule has 0 heterocycles. The van der Waals surface area contributed by atoms with Gasteiger partial charge in [0.1, 0.15) is 6.61 Å². The van der Waals surface area contributed by atoms with E-state index in [1.807, 2.05) is 0 Å². The standard InChI is InChI=1S/C8H16O3.C4H9.3C3H8O.Ti/c1-2-3-4-5-6-11-7-8(9)10;1-4(2)3;3*1-3(2)4;/h2-7H2,1H3,(H,9,10);1-3H3;3*3-4H,1-2H3;/q;-1;;;;. The van der Waals surface area contributed by atoms with Crippen molar-refractivity contribution in [2.24, 2.45) is 0 Å². The molecule has 0 radical (unpaired) electrons. The number of ether oxygens (including phenoxy) is 1. The van der Waals surface area contributed by atoms with Crippen molar-refractivity contribution >= 4 is 5.97 Å². The minimum absolute atomic E-state index is 0. The Hall–Kier alpha value is 0.0243. The summed E-state index contributed by atoms with van der Waals surface area (Å²) in [6, 6.07) is 0. The van der Waals surface area contributed by atoms with E-state index in [-0.39, 0.29) is 46.6 Å². The second-order valence-corrected chi connectivity index (χ2v) is 7.29. The van der Waals surface area contributed by atoms with Gasteiger partial charge in [-0.3, -0.25) is 0 Å². The average molecular weight is 445 g/mol. The fourth-order valence-electron chi connectivity index (χ4n) is 0.790. The zero-order valence-corrected chi connectivity index (χ0v) is 21.6. The third-order valence-corrected chi connectivity index (χ3v) is 1.37. The van der Waals surface area contributed by atoms with Crippen molar-refractivity contribution in [3.8, 4) is 0 Å². The van der Waals surface area contributed by atoms with Gasteiger partial charge in [0.25, 0.3) is 0 Å². The van der Waals surface area contributed by atoms with Crippen molar-refractivity contribution in [3.05, 3.63) is 5.92 Å². The van der Waals surface area contributed by atoms with E-state index >= 15 is 0 Å². The van der Waals surface area contributed by atoms with E-state index in [2.05, 4.69) is 27.7 Å². The Balaban J connectivity index is -0.0000000599. The first-order valence-electron chi connectivity index (χ1n) is 9.80. The zero-order valence-electron chi connectivity index (χ0n) is 20.1. The number of aliphatic carboxylic acids is 1. The maximum Gasteiger partial charge on any atom is 0.329 e. The monoisotopic (exact) mass is 445 g/mol. The topological polar surface area (TPSA) is 107 Å². The Morgan fingerprint density at radius 2 is 1.11 bits per heavy atom. The molecule has 7 heteroatoms. The molecule has 6 nitrogen and oxygen atoms in total. The molecule has 0 aromatic heterocycles. The summed E-state index contributed by atoms with van der Waals surface area (Å²) >= 11 is 0. The molecule has 174 valence electrons. The van der Waals surface area contributed by atoms with Crippen LogP contribution in [-0.2, 0) is 31.2 Å². The van der Waals surface area contributed by atoms with Gasteiger partial charge in [-0.2, -0.15) is 20.8 Å². The molecule has 0 bridgehead atoms. The Morgan fingerprint density at radius 1 is 0.821 bits per heavy atom. The van der Waals surface area contributed by atoms with Crippen molar-refractivity contribution in [1.29, 1.82) is 0 Å². The molecule has 0 unspecified atom stereocenters. The predicted octanol–water partition coefficient (Wildman–Crippen LogP) is 4.45. The third-order valence-electron chi connectivity index (χ3n) is 1.37. The van der Waals surface area contributed by atoms with E-state index in [1.165, 1.54) is 18.8 Å². The number of unbranched alkanes of at least 4 members (excludes halogenated alkanes) is 3. The first-order chi connectivity index (χ1) is 12.2. The summed E-state index contributed by atoms with van der Waals surface area (Å²) in [5.41, 5.74) is 0. The second kappa shape index (κ2) is 37.7. The number of aliphatic hydroxyl groups excluding tert-OH is 3. The van der Waals surface area contributed by atoms with Crippen molar-refractivity contribution in [3.63, 3.8) is 0 Å². The Labute approximate surface area is 190 Å². The van der Waals surface area contributed by atoms with Crippen LogP contribution >= 0.6 is 0 Å². The largest absolute Gasteiger partial charge is 0.480 e. The van der Waals surface area contributed by atoms with Crippen molar-refractivity contribution in [2.45, 2.75) is 113 Å². The molecule has 0 spiro atoms. The van der Waals surface area contributed by atoms with Gasteiger partial charge in [-0.05, 0) is 48.0 Å². The molecule has 0 saturated carbocycles. The van der Waals surface area contributed by atoms with E-state index in [4.69, 9.17) is 25.2 Å². The number of hydrogen-bond donors (Lipinski definition) is 4. The van der Waals surface area contributed by atoms with E-state index < -0.39 is 5.97 Å². The molecule has 0 atom stereocenters. The molecule has 0 saturated heterocycles. The number of aliphatic hydroxyl groups is 3. The molecule has 0 amide bonds. The zero-order chi connectivity index (χ0) is 22.8. The van der Waals surface area contributed by atoms with Crippen molar-refractivity contribution < 1.29 is 51.7 Å². The maximum absolute atomic E-state index is 9.96. The number of rotatable bonds is 7. The minimum Gasteiger partial charge on any atom is -0.480 e. The van der Waals surface area contributed by atoms with Gasteiger partial charge in [0.2, 0.25) is 0 Å². The molecule has 0 aliphatic heterocycles. The Kier molecular flexibility index (Phi) is 56.9. The van der Waals surface area contributed by atoms with Crippen LogP contribution in [0.5, 0.6) is 0 Å². The fraction of sp³-hybridized carbons (Fsp3) is 0.905. The molecule has 0 aliphatic rings. The van der Waals surface area contributed by atoms with Crippen LogP contribution < -0.4 is 0 Å². The first-order valence-corrected chi connectivity index (χ1v) is 9.80. The molecule has 0 aliphatic carbocycles. The molecule has 0 rings (SSSR count). The molecular weight excluding hydrogens is 396 g/mol. The van der Waals surface area contributed by atoms with Crippen LogP contribution in [0.2, 0.25) is 0 Å². The molecule has 0 aromatic carbocycles. The van der Waals surface area contributed by atoms with Gasteiger partial charge < -0.3 is 31.1 Å². The number of carboxylic acid groups (broad SMARTS) is 1. The maximum atomic E-state index is 9.96. The number of carbonyl (C=O) groups is 1. The SMILES string of the molecule is CC(C)O.CC(C)O.CC(C)O.CCCCCCOCC(=O)O.C[C-](C)C.[Ti]. The van der Waals surface area contributed by atoms with E-state index in [9.17, 15) is 4.79 Å². The first kappa shape index (κ1) is 42.2. The van der Waals surface area contributed by atoms with E-state index in [0.29, 0.717) is 6.61 Å². The minimum atomic E-state index is -0.888. The van der Waals surface area contributed by atoms with Gasteiger partial charge in [0.05, 0.1) is 0 Å². The average Bonchev–Trinajstić information content (AvgIpc) is 2.40. The third kappa shape index (κ3) is 253. The van der Waals surface area contributed by atoms with Gasteiger partial charge >= 0.3 is 5.97 Å². The van der Waals surface area contributed by atoms with Crippen LogP contribution in [-0.4, -0.2) is 57.9 Å². The van der Waals surface area contributed by atoms with Crippen molar-refractivity contribution in [2.75, 3.05) is 13.2 Å². The Morgan fingerprint density at radius 3 is 1.32 bits per heavy atom. The number of carboxylic acids is 1. The summed E-state index contributed by atoms with van der Waals surface area (Å²) in [5, 5.41) is 32.4. The van der Waals surface area contributed by atoms with Gasteiger partial charge in [0, 0.05) is 46.6 Å². The summed E-state index contributed by atoms with van der Waals surface area (Å²) in [5.74, 6) is 0.528. The van der Waals surface area contributed by atoms with Crippen LogP contribution in [0, 0.1) is 5.92 Å². The van der Waals surface area contributed by atoms with E-state index in [0.717, 1.165) is 12.8 Å². The Bertz CT molecular complexity index is 212. The number of hydrogen-bond acceptors (Lipinski definition) is 5. The van der Waals surface area contributed by atoms with Crippen LogP contribution in [0.4, 0.5) is 0 Å². The predicted molar refractivity (Wildman–Crippen MR) is 115 cm³/mol. The van der Waals surface area contributed by atoms with Crippen LogP contribution in [0.25, 0.3) is 0 Å². The smallest absolute Gasteiger partial charge is 0.329 e. The summed E-state index contributed by atoms with van der Waals surface area (Å²) in [6.45, 7) is 19.1. The molecule has 0 fully saturated rings.